The van der Waals surface area contributed by atoms with E-state index in [-0.39, 0.29) is 10.8 Å². The Morgan fingerprint density at radius 3 is 1.28 bits per heavy atom. The van der Waals surface area contributed by atoms with Gasteiger partial charge in [-0.15, -0.1) is 0 Å². The standard InChI is InChI=1S/C106H117NO2/c1-10-14-18-22-26-40-61-105(62-41-27-23-19-15-11-2)88-59-60-96-100(83-49-36-38-53-94(83)108-96)99(88)86-70-91-85(69-92(86)105)81-57-55-78(68-90(81)106(91,63-42-28-24-20-16-12-3)64-43-29-25-21-17-13-4)107(102-79(75-45-32-30-33-46-75)51-44-52-80(102)76-47-34-31-35-48-76)77-56-58-82-89(67-77)104(8,9)93-71-87(97-73(6)65-72(5)66-74(97)7)103-101(98(82)93)84-50-37-39-54-95(84)109-103/h30-39,44-60,65-71H,10-29,40-43,61-64H2,1-9H3. The van der Waals surface area contributed by atoms with Crippen LogP contribution in [0.25, 0.3) is 111 Å². The molecule has 0 amide bonds. The van der Waals surface area contributed by atoms with Crippen LogP contribution in [0.1, 0.15) is 271 Å². The van der Waals surface area contributed by atoms with Crippen molar-refractivity contribution in [3.8, 4) is 66.8 Å². The number of rotatable bonds is 34. The van der Waals surface area contributed by atoms with Crippen molar-refractivity contribution in [2.45, 2.75) is 258 Å². The minimum atomic E-state index is -0.392. The Bertz CT molecular complexity index is 5310. The van der Waals surface area contributed by atoms with Gasteiger partial charge in [-0.2, -0.15) is 0 Å². The number of hydrogen-bond acceptors (Lipinski definition) is 3. The zero-order valence-corrected chi connectivity index (χ0v) is 67.2. The average molecular weight is 1440 g/mol. The van der Waals surface area contributed by atoms with Gasteiger partial charge >= 0.3 is 0 Å². The predicted octanol–water partition coefficient (Wildman–Crippen LogP) is 32.7. The molecule has 2 heterocycles. The zero-order chi connectivity index (χ0) is 74.8. The Labute approximate surface area is 652 Å². The van der Waals surface area contributed by atoms with E-state index in [0.29, 0.717) is 0 Å². The summed E-state index contributed by atoms with van der Waals surface area (Å²) in [4.78, 5) is 2.73. The topological polar surface area (TPSA) is 29.5 Å². The number of hydrogen-bond donors (Lipinski definition) is 0. The summed E-state index contributed by atoms with van der Waals surface area (Å²) in [6, 6.07) is 80.7. The summed E-state index contributed by atoms with van der Waals surface area (Å²) in [5, 5.41) is 4.95. The van der Waals surface area contributed by atoms with Crippen molar-refractivity contribution in [1.82, 2.24) is 0 Å². The zero-order valence-electron chi connectivity index (χ0n) is 67.2. The van der Waals surface area contributed by atoms with Gasteiger partial charge < -0.3 is 13.7 Å². The van der Waals surface area contributed by atoms with Crippen molar-refractivity contribution < 1.29 is 8.83 Å². The number of fused-ring (bicyclic) bond motifs is 17. The molecular formula is C106H117NO2. The van der Waals surface area contributed by atoms with Crippen LogP contribution >= 0.6 is 0 Å². The second-order valence-electron chi connectivity index (χ2n) is 33.9. The molecule has 0 atom stereocenters. The summed E-state index contributed by atoms with van der Waals surface area (Å²) < 4.78 is 14.2. The van der Waals surface area contributed by atoms with Crippen molar-refractivity contribution in [3.63, 3.8) is 0 Å². The first-order valence-corrected chi connectivity index (χ1v) is 43.0. The highest BCUT2D eigenvalue weighted by atomic mass is 16.3. The molecule has 3 nitrogen and oxygen atoms in total. The lowest BCUT2D eigenvalue weighted by atomic mass is 9.68. The lowest BCUT2D eigenvalue weighted by Gasteiger charge is -2.36. The first kappa shape index (κ1) is 73.9. The van der Waals surface area contributed by atoms with Crippen LogP contribution in [0.3, 0.4) is 0 Å². The third-order valence-electron chi connectivity index (χ3n) is 26.3. The predicted molar refractivity (Wildman–Crippen MR) is 468 cm³/mol. The number of nitrogens with zero attached hydrogens (tertiary/aromatic N) is 1. The van der Waals surface area contributed by atoms with Crippen molar-refractivity contribution in [2.24, 2.45) is 0 Å². The summed E-state index contributed by atoms with van der Waals surface area (Å²) in [6.45, 7) is 21.2. The Kier molecular flexibility index (Phi) is 21.7. The average Bonchev–Trinajstić information content (AvgIpc) is 1.53. The van der Waals surface area contributed by atoms with E-state index in [1.165, 1.54) is 300 Å². The summed E-state index contributed by atoms with van der Waals surface area (Å²) >= 11 is 0. The molecule has 3 aliphatic carbocycles. The van der Waals surface area contributed by atoms with Crippen molar-refractivity contribution in [3.05, 3.63) is 256 Å². The van der Waals surface area contributed by atoms with Crippen LogP contribution in [0.5, 0.6) is 0 Å². The van der Waals surface area contributed by atoms with Crippen LogP contribution in [0.15, 0.2) is 215 Å². The number of aryl methyl sites for hydroxylation is 3. The Morgan fingerprint density at radius 2 is 0.725 bits per heavy atom. The van der Waals surface area contributed by atoms with Crippen molar-refractivity contribution in [1.29, 1.82) is 0 Å². The number of para-hydroxylation sites is 3. The third kappa shape index (κ3) is 13.5. The summed E-state index contributed by atoms with van der Waals surface area (Å²) in [5.74, 6) is 0. The fraction of sp³-hybridized carbons (Fsp3) is 0.377. The molecule has 0 saturated heterocycles. The van der Waals surface area contributed by atoms with Crippen LogP contribution in [0, 0.1) is 20.8 Å². The Hall–Kier alpha value is -9.18. The van der Waals surface area contributed by atoms with Crippen LogP contribution in [-0.2, 0) is 16.2 Å². The molecule has 0 radical (unpaired) electrons. The molecule has 0 bridgehead atoms. The molecule has 109 heavy (non-hydrogen) atoms. The molecule has 0 saturated carbocycles. The minimum Gasteiger partial charge on any atom is -0.456 e. The SMILES string of the molecule is CCCCCCCCC1(CCCCCCCC)c2cc(N(c3ccc4c(c3)C(C)(C)c3cc(-c5c(C)cc(C)cc5C)c5oc6ccccc6c5c3-4)c3c(-c4ccccc4)cccc3-c3ccccc3)ccc2-c2cc3c(cc21)-c1c(ccc2oc4ccccc4c12)C3(CCCCCCCC)CCCCCCCC. The third-order valence-corrected chi connectivity index (χ3v) is 26.3. The smallest absolute Gasteiger partial charge is 0.143 e. The van der Waals surface area contributed by atoms with Gasteiger partial charge in [0.15, 0.2) is 0 Å². The van der Waals surface area contributed by atoms with E-state index in [4.69, 9.17) is 8.83 Å². The highest BCUT2D eigenvalue weighted by Crippen LogP contribution is 2.65. The Balaban J connectivity index is 0.950. The molecule has 0 fully saturated rings. The quantitative estimate of drug-likeness (QED) is 0.0377. The molecule has 0 aliphatic heterocycles. The van der Waals surface area contributed by atoms with Gasteiger partial charge in [0, 0.05) is 65.9 Å². The maximum absolute atomic E-state index is 7.17. The number of unbranched alkanes of at least 4 members (excludes halogenated alkanes) is 20. The fourth-order valence-corrected chi connectivity index (χ4v) is 21.0. The normalized spacial score (nSPS) is 14.1. The fourth-order valence-electron chi connectivity index (χ4n) is 21.0. The second kappa shape index (κ2) is 32.0. The molecular weight excluding hydrogens is 1320 g/mol. The van der Waals surface area contributed by atoms with Gasteiger partial charge in [-0.1, -0.05) is 347 Å². The highest BCUT2D eigenvalue weighted by molar-refractivity contribution is 6.20. The van der Waals surface area contributed by atoms with Gasteiger partial charge in [-0.3, -0.25) is 0 Å². The first-order valence-electron chi connectivity index (χ1n) is 43.0. The number of benzene rings is 11. The number of anilines is 3. The maximum Gasteiger partial charge on any atom is 0.143 e. The van der Waals surface area contributed by atoms with Crippen molar-refractivity contribution in [2.75, 3.05) is 4.90 Å². The van der Waals surface area contributed by atoms with E-state index < -0.39 is 5.41 Å². The summed E-state index contributed by atoms with van der Waals surface area (Å²) in [6.07, 6.45) is 35.2. The molecule has 3 heteroatoms. The van der Waals surface area contributed by atoms with Crippen LogP contribution in [-0.4, -0.2) is 0 Å². The Morgan fingerprint density at radius 1 is 0.294 bits per heavy atom. The molecule has 16 rings (SSSR count). The lowest BCUT2D eigenvalue weighted by Crippen LogP contribution is -2.27. The maximum atomic E-state index is 7.17. The van der Waals surface area contributed by atoms with E-state index in [1.807, 2.05) is 0 Å². The van der Waals surface area contributed by atoms with Gasteiger partial charge in [0.05, 0.1) is 5.69 Å². The van der Waals surface area contributed by atoms with E-state index >= 15 is 0 Å². The van der Waals surface area contributed by atoms with Gasteiger partial charge in [0.2, 0.25) is 0 Å². The molecule has 2 aromatic heterocycles. The van der Waals surface area contributed by atoms with Crippen LogP contribution < -0.4 is 4.90 Å². The second-order valence-corrected chi connectivity index (χ2v) is 33.9. The van der Waals surface area contributed by atoms with E-state index in [1.54, 1.807) is 16.7 Å². The monoisotopic (exact) mass is 1440 g/mol. The molecule has 0 N–H and O–H groups in total. The number of furan rings is 2. The molecule has 13 aromatic rings. The minimum absolute atomic E-state index is 0.130. The summed E-state index contributed by atoms with van der Waals surface area (Å²) in [5.41, 5.74) is 35.1. The van der Waals surface area contributed by atoms with Crippen LogP contribution in [0.2, 0.25) is 0 Å². The first-order chi connectivity index (χ1) is 53.4. The van der Waals surface area contributed by atoms with E-state index in [2.05, 4.69) is 273 Å². The molecule has 3 aliphatic rings. The molecule has 0 unspecified atom stereocenters. The summed E-state index contributed by atoms with van der Waals surface area (Å²) in [7, 11) is 0. The van der Waals surface area contributed by atoms with Gasteiger partial charge in [-0.05, 0) is 202 Å². The van der Waals surface area contributed by atoms with Crippen molar-refractivity contribution >= 4 is 60.9 Å². The lowest BCUT2D eigenvalue weighted by molar-refractivity contribution is 0.394. The van der Waals surface area contributed by atoms with Gasteiger partial charge in [-0.25, -0.2) is 0 Å². The molecule has 0 spiro atoms. The van der Waals surface area contributed by atoms with E-state index in [0.717, 1.165) is 40.9 Å². The van der Waals surface area contributed by atoms with E-state index in [9.17, 15) is 0 Å². The largest absolute Gasteiger partial charge is 0.456 e. The van der Waals surface area contributed by atoms with Crippen LogP contribution in [0.4, 0.5) is 17.1 Å². The van der Waals surface area contributed by atoms with Gasteiger partial charge in [0.1, 0.15) is 22.3 Å². The van der Waals surface area contributed by atoms with Gasteiger partial charge in [0.25, 0.3) is 0 Å². The molecule has 11 aromatic carbocycles. The molecule has 558 valence electrons. The highest BCUT2D eigenvalue weighted by Gasteiger charge is 2.50.